The fourth-order valence-corrected chi connectivity index (χ4v) is 4.89. The Morgan fingerprint density at radius 1 is 1.41 bits per heavy atom. The second-order valence-corrected chi connectivity index (χ2v) is 7.40. The van der Waals surface area contributed by atoms with Gasteiger partial charge in [-0.3, -0.25) is 9.56 Å². The van der Waals surface area contributed by atoms with Crippen LogP contribution in [0, 0.1) is 5.92 Å². The molecule has 1 atom stereocenters. The maximum atomic E-state index is 12.3. The third-order valence-electron chi connectivity index (χ3n) is 2.48. The lowest BCUT2D eigenvalue weighted by atomic mass is 10.1. The van der Waals surface area contributed by atoms with Gasteiger partial charge in [-0.1, -0.05) is 13.8 Å². The number of nitrogens with zero attached hydrogens (tertiary/aromatic N) is 1. The Balaban J connectivity index is 2.62. The Kier molecular flexibility index (Phi) is 6.21. The van der Waals surface area contributed by atoms with Gasteiger partial charge in [-0.05, 0) is 19.8 Å². The van der Waals surface area contributed by atoms with Crippen molar-refractivity contribution in [3.05, 3.63) is 0 Å². The van der Waals surface area contributed by atoms with Crippen molar-refractivity contribution in [2.45, 2.75) is 33.7 Å². The lowest BCUT2D eigenvalue weighted by Gasteiger charge is -2.16. The van der Waals surface area contributed by atoms with E-state index in [0.717, 1.165) is 10.8 Å². The summed E-state index contributed by atoms with van der Waals surface area (Å²) in [6.45, 7) is 8.77. The Bertz CT molecular complexity index is 310. The first-order chi connectivity index (χ1) is 8.00. The van der Waals surface area contributed by atoms with Crippen LogP contribution in [0.4, 0.5) is 0 Å². The summed E-state index contributed by atoms with van der Waals surface area (Å²) >= 11 is 1.68. The van der Waals surface area contributed by atoms with Gasteiger partial charge in [0.15, 0.2) is 0 Å². The first kappa shape index (κ1) is 15.2. The molecular formula is C11H22NO3PS. The van der Waals surface area contributed by atoms with Crippen LogP contribution in [0.15, 0.2) is 4.99 Å². The van der Waals surface area contributed by atoms with Crippen molar-refractivity contribution in [3.63, 3.8) is 0 Å². The Morgan fingerprint density at radius 2 is 2.00 bits per heavy atom. The minimum Gasteiger partial charge on any atom is -0.309 e. The molecule has 0 saturated carbocycles. The number of aliphatic imine (C=N–C) groups is 1. The summed E-state index contributed by atoms with van der Waals surface area (Å²) in [6.07, 6.45) is 0.322. The van der Waals surface area contributed by atoms with Crippen LogP contribution in [-0.2, 0) is 13.6 Å². The second kappa shape index (κ2) is 6.93. The van der Waals surface area contributed by atoms with E-state index in [0.29, 0.717) is 31.3 Å². The Labute approximate surface area is 108 Å². The highest BCUT2D eigenvalue weighted by Crippen LogP contribution is 2.49. The van der Waals surface area contributed by atoms with Crippen molar-refractivity contribution in [1.82, 2.24) is 0 Å². The van der Waals surface area contributed by atoms with E-state index in [1.807, 2.05) is 13.8 Å². The van der Waals surface area contributed by atoms with Crippen LogP contribution in [0.2, 0.25) is 0 Å². The second-order valence-electron chi connectivity index (χ2n) is 4.25. The molecule has 0 amide bonds. The third kappa shape index (κ3) is 4.74. The number of rotatable bonds is 7. The molecule has 17 heavy (non-hydrogen) atoms. The molecule has 1 heterocycles. The van der Waals surface area contributed by atoms with Gasteiger partial charge in [0.2, 0.25) is 0 Å². The fraction of sp³-hybridized carbons (Fsp3) is 0.909. The van der Waals surface area contributed by atoms with E-state index in [1.54, 1.807) is 11.8 Å². The molecule has 100 valence electrons. The SMILES string of the molecule is CCOP(=O)(CC1=N[C@@H](C(C)C)CS1)OCC. The van der Waals surface area contributed by atoms with Crippen LogP contribution in [0.5, 0.6) is 0 Å². The summed E-state index contributed by atoms with van der Waals surface area (Å²) < 4.78 is 22.8. The highest BCUT2D eigenvalue weighted by atomic mass is 32.2. The van der Waals surface area contributed by atoms with E-state index in [9.17, 15) is 4.57 Å². The molecule has 0 spiro atoms. The molecule has 0 aromatic heterocycles. The molecule has 0 saturated heterocycles. The van der Waals surface area contributed by atoms with Gasteiger partial charge in [0.25, 0.3) is 0 Å². The summed E-state index contributed by atoms with van der Waals surface area (Å²) in [6, 6.07) is 0.340. The van der Waals surface area contributed by atoms with Gasteiger partial charge in [-0.25, -0.2) is 0 Å². The van der Waals surface area contributed by atoms with E-state index < -0.39 is 7.60 Å². The van der Waals surface area contributed by atoms with E-state index >= 15 is 0 Å². The average Bonchev–Trinajstić information content (AvgIpc) is 2.66. The normalized spacial score (nSPS) is 21.0. The molecule has 0 bridgehead atoms. The molecule has 1 rings (SSSR count). The van der Waals surface area contributed by atoms with Crippen molar-refractivity contribution in [2.75, 3.05) is 25.1 Å². The molecule has 0 N–H and O–H groups in total. The molecule has 0 aliphatic carbocycles. The van der Waals surface area contributed by atoms with E-state index in [1.165, 1.54) is 0 Å². The van der Waals surface area contributed by atoms with Gasteiger partial charge in [0.05, 0.1) is 30.5 Å². The third-order valence-corrected chi connectivity index (χ3v) is 5.78. The number of hydrogen-bond acceptors (Lipinski definition) is 5. The van der Waals surface area contributed by atoms with Crippen molar-refractivity contribution >= 4 is 24.4 Å². The smallest absolute Gasteiger partial charge is 0.309 e. The zero-order valence-corrected chi connectivity index (χ0v) is 12.7. The molecule has 0 aromatic rings. The molecule has 0 aromatic carbocycles. The van der Waals surface area contributed by atoms with Crippen LogP contribution in [-0.4, -0.2) is 36.2 Å². The molecule has 6 heteroatoms. The van der Waals surface area contributed by atoms with E-state index in [4.69, 9.17) is 9.05 Å². The lowest BCUT2D eigenvalue weighted by Crippen LogP contribution is -2.12. The fourth-order valence-electron chi connectivity index (χ4n) is 1.56. The van der Waals surface area contributed by atoms with Crippen LogP contribution in [0.1, 0.15) is 27.7 Å². The lowest BCUT2D eigenvalue weighted by molar-refractivity contribution is 0.223. The largest absolute Gasteiger partial charge is 0.337 e. The summed E-state index contributed by atoms with van der Waals surface area (Å²) in [5.74, 6) is 1.50. The van der Waals surface area contributed by atoms with Crippen molar-refractivity contribution in [1.29, 1.82) is 0 Å². The Hall–Kier alpha value is 0.170. The maximum Gasteiger partial charge on any atom is 0.337 e. The molecule has 4 nitrogen and oxygen atoms in total. The topological polar surface area (TPSA) is 47.9 Å². The number of thioether (sulfide) groups is 1. The maximum absolute atomic E-state index is 12.3. The zero-order valence-electron chi connectivity index (χ0n) is 11.0. The summed E-state index contributed by atoms with van der Waals surface area (Å²) in [4.78, 5) is 4.58. The molecule has 1 aliphatic rings. The monoisotopic (exact) mass is 279 g/mol. The zero-order chi connectivity index (χ0) is 12.9. The summed E-state index contributed by atoms with van der Waals surface area (Å²) in [5.41, 5.74) is 0. The molecule has 0 fully saturated rings. The van der Waals surface area contributed by atoms with Gasteiger partial charge < -0.3 is 9.05 Å². The highest BCUT2D eigenvalue weighted by Gasteiger charge is 2.30. The van der Waals surface area contributed by atoms with Crippen LogP contribution in [0.25, 0.3) is 0 Å². The van der Waals surface area contributed by atoms with Gasteiger partial charge in [-0.2, -0.15) is 0 Å². The van der Waals surface area contributed by atoms with Crippen molar-refractivity contribution < 1.29 is 13.6 Å². The quantitative estimate of drug-likeness (QED) is 0.670. The molecular weight excluding hydrogens is 257 g/mol. The summed E-state index contributed by atoms with van der Waals surface area (Å²) in [7, 11) is -2.98. The highest BCUT2D eigenvalue weighted by molar-refractivity contribution is 8.14. The van der Waals surface area contributed by atoms with Crippen LogP contribution < -0.4 is 0 Å². The first-order valence-corrected chi connectivity index (χ1v) is 8.79. The standard InChI is InChI=1S/C11H22NO3PS/c1-5-14-16(13,15-6-2)7-11-12-10(8-17-11)9(3)4/h9-10H,5-8H2,1-4H3/t10-/m1/s1. The van der Waals surface area contributed by atoms with Gasteiger partial charge in [0.1, 0.15) is 0 Å². The van der Waals surface area contributed by atoms with Crippen molar-refractivity contribution in [3.8, 4) is 0 Å². The van der Waals surface area contributed by atoms with Crippen LogP contribution in [0.3, 0.4) is 0 Å². The predicted molar refractivity (Wildman–Crippen MR) is 74.2 cm³/mol. The minimum atomic E-state index is -2.98. The Morgan fingerprint density at radius 3 is 2.41 bits per heavy atom. The first-order valence-electron chi connectivity index (χ1n) is 6.08. The summed E-state index contributed by atoms with van der Waals surface area (Å²) in [5, 5.41) is 0.911. The predicted octanol–water partition coefficient (Wildman–Crippen LogP) is 3.42. The van der Waals surface area contributed by atoms with Gasteiger partial charge in [-0.15, -0.1) is 11.8 Å². The molecule has 0 radical (unpaired) electrons. The van der Waals surface area contributed by atoms with E-state index in [-0.39, 0.29) is 0 Å². The van der Waals surface area contributed by atoms with Crippen molar-refractivity contribution in [2.24, 2.45) is 10.9 Å². The average molecular weight is 279 g/mol. The van der Waals surface area contributed by atoms with Crippen LogP contribution >= 0.6 is 19.4 Å². The molecule has 0 unspecified atom stereocenters. The minimum absolute atomic E-state index is 0.322. The van der Waals surface area contributed by atoms with Gasteiger partial charge in [0, 0.05) is 5.75 Å². The number of hydrogen-bond donors (Lipinski definition) is 0. The van der Waals surface area contributed by atoms with E-state index in [2.05, 4.69) is 18.8 Å². The molecule has 1 aliphatic heterocycles. The van der Waals surface area contributed by atoms with Gasteiger partial charge >= 0.3 is 7.60 Å².